The molecule has 0 atom stereocenters. The summed E-state index contributed by atoms with van der Waals surface area (Å²) in [6, 6.07) is 16.1. The Labute approximate surface area is 164 Å². The standard InChI is InChI=1S/C24H40Si2/c1-5-6-7-8-21-13-17-26(18-14-21)19-15-23(16-20-26)22-9-11-24(12-10-22)25(2,3)4/h9-13,23H,5-8,14-20H2,1-4H3. The summed E-state index contributed by atoms with van der Waals surface area (Å²) >= 11 is 0. The van der Waals surface area contributed by atoms with Crippen LogP contribution >= 0.6 is 0 Å². The van der Waals surface area contributed by atoms with Gasteiger partial charge in [-0.1, -0.05) is 98.6 Å². The van der Waals surface area contributed by atoms with Gasteiger partial charge in [0.1, 0.15) is 0 Å². The van der Waals surface area contributed by atoms with E-state index < -0.39 is 16.1 Å². The lowest BCUT2D eigenvalue weighted by molar-refractivity contribution is 0.592. The third-order valence-corrected chi connectivity index (χ3v) is 14.3. The predicted octanol–water partition coefficient (Wildman–Crippen LogP) is 7.47. The van der Waals surface area contributed by atoms with E-state index in [2.05, 4.69) is 56.9 Å². The van der Waals surface area contributed by atoms with Crippen LogP contribution in [-0.2, 0) is 0 Å². The van der Waals surface area contributed by atoms with Crippen molar-refractivity contribution in [2.75, 3.05) is 0 Å². The van der Waals surface area contributed by atoms with Gasteiger partial charge in [-0.2, -0.15) is 0 Å². The second-order valence-electron chi connectivity index (χ2n) is 10.2. The first-order valence-corrected chi connectivity index (χ1v) is 17.5. The van der Waals surface area contributed by atoms with Crippen LogP contribution < -0.4 is 5.19 Å². The average Bonchev–Trinajstić information content (AvgIpc) is 2.64. The van der Waals surface area contributed by atoms with Crippen molar-refractivity contribution in [2.24, 2.45) is 0 Å². The third-order valence-electron chi connectivity index (χ3n) is 7.20. The molecule has 0 aliphatic carbocycles. The molecule has 0 nitrogen and oxygen atoms in total. The van der Waals surface area contributed by atoms with E-state index in [1.807, 2.05) is 0 Å². The molecule has 2 heteroatoms. The van der Waals surface area contributed by atoms with Crippen molar-refractivity contribution in [1.29, 1.82) is 0 Å². The van der Waals surface area contributed by atoms with Gasteiger partial charge in [-0.05, 0) is 49.6 Å². The van der Waals surface area contributed by atoms with Crippen LogP contribution in [0.2, 0.25) is 43.8 Å². The molecule has 2 heterocycles. The molecule has 1 saturated heterocycles. The molecule has 0 aromatic heterocycles. The fourth-order valence-electron chi connectivity index (χ4n) is 5.09. The van der Waals surface area contributed by atoms with E-state index in [-0.39, 0.29) is 0 Å². The lowest BCUT2D eigenvalue weighted by Gasteiger charge is -2.41. The first-order chi connectivity index (χ1) is 12.4. The highest BCUT2D eigenvalue weighted by Gasteiger charge is 2.38. The molecular formula is C24H40Si2. The average molecular weight is 385 g/mol. The molecule has 0 amide bonds. The number of hydrogen-bond acceptors (Lipinski definition) is 0. The fourth-order valence-corrected chi connectivity index (χ4v) is 11.1. The van der Waals surface area contributed by atoms with Gasteiger partial charge in [0.15, 0.2) is 0 Å². The van der Waals surface area contributed by atoms with Crippen molar-refractivity contribution in [3.63, 3.8) is 0 Å². The monoisotopic (exact) mass is 384 g/mol. The highest BCUT2D eigenvalue weighted by Crippen LogP contribution is 2.45. The van der Waals surface area contributed by atoms with Gasteiger partial charge >= 0.3 is 0 Å². The molecular weight excluding hydrogens is 344 g/mol. The molecule has 0 radical (unpaired) electrons. The topological polar surface area (TPSA) is 0 Å². The maximum atomic E-state index is 2.70. The van der Waals surface area contributed by atoms with Crippen LogP contribution in [0, 0.1) is 0 Å². The molecule has 26 heavy (non-hydrogen) atoms. The Balaban J connectivity index is 1.53. The molecule has 2 aliphatic rings. The Morgan fingerprint density at radius 3 is 2.19 bits per heavy atom. The molecule has 2 aliphatic heterocycles. The quantitative estimate of drug-likeness (QED) is 0.271. The minimum Gasteiger partial charge on any atom is -0.0880 e. The first-order valence-electron chi connectivity index (χ1n) is 11.2. The second kappa shape index (κ2) is 8.60. The molecule has 1 aromatic carbocycles. The normalized spacial score (nSPS) is 26.8. The van der Waals surface area contributed by atoms with Crippen LogP contribution in [0.3, 0.4) is 0 Å². The van der Waals surface area contributed by atoms with E-state index in [1.54, 1.807) is 34.5 Å². The van der Waals surface area contributed by atoms with Gasteiger partial charge in [-0.15, -0.1) is 0 Å². The minimum absolute atomic E-state index is 0.846. The summed E-state index contributed by atoms with van der Waals surface area (Å²) < 4.78 is 0. The van der Waals surface area contributed by atoms with Crippen LogP contribution in [0.15, 0.2) is 35.9 Å². The van der Waals surface area contributed by atoms with Crippen LogP contribution in [0.5, 0.6) is 0 Å². The fraction of sp³-hybridized carbons (Fsp3) is 0.667. The molecule has 0 saturated carbocycles. The lowest BCUT2D eigenvalue weighted by atomic mass is 9.93. The highest BCUT2D eigenvalue weighted by molar-refractivity contribution is 6.88. The molecule has 0 unspecified atom stereocenters. The highest BCUT2D eigenvalue weighted by atomic mass is 28.3. The molecule has 144 valence electrons. The van der Waals surface area contributed by atoms with E-state index in [4.69, 9.17) is 0 Å². The van der Waals surface area contributed by atoms with Gasteiger partial charge in [-0.3, -0.25) is 0 Å². The molecule has 0 N–H and O–H groups in total. The maximum absolute atomic E-state index is 2.70. The molecule has 1 fully saturated rings. The summed E-state index contributed by atoms with van der Waals surface area (Å²) in [4.78, 5) is 0. The summed E-state index contributed by atoms with van der Waals surface area (Å²) in [6.07, 6.45) is 12.7. The summed E-state index contributed by atoms with van der Waals surface area (Å²) in [6.45, 7) is 9.66. The minimum atomic E-state index is -1.16. The number of benzene rings is 1. The first kappa shape index (κ1) is 20.1. The number of unbranched alkanes of at least 4 members (excludes halogenated alkanes) is 2. The Morgan fingerprint density at radius 2 is 1.65 bits per heavy atom. The zero-order valence-corrected chi connectivity index (χ0v) is 19.7. The SMILES string of the molecule is CCCCCC1=CC[Si]2(CC1)CCC(c1ccc([Si](C)(C)C)cc1)CC2. The second-order valence-corrected chi connectivity index (χ2v) is 20.2. The zero-order valence-electron chi connectivity index (χ0n) is 17.7. The Bertz CT molecular complexity index is 598. The van der Waals surface area contributed by atoms with E-state index in [9.17, 15) is 0 Å². The molecule has 1 spiro atoms. The number of hydrogen-bond donors (Lipinski definition) is 0. The largest absolute Gasteiger partial charge is 0.0880 e. The van der Waals surface area contributed by atoms with Crippen LogP contribution in [0.1, 0.15) is 63.4 Å². The number of allylic oxidation sites excluding steroid dienone is 2. The third kappa shape index (κ3) is 5.01. The maximum Gasteiger partial charge on any atom is 0.0775 e. The molecule has 0 bridgehead atoms. The van der Waals surface area contributed by atoms with Crippen LogP contribution in [-0.4, -0.2) is 16.1 Å². The van der Waals surface area contributed by atoms with E-state index >= 15 is 0 Å². The van der Waals surface area contributed by atoms with Gasteiger partial charge in [0.25, 0.3) is 0 Å². The van der Waals surface area contributed by atoms with Gasteiger partial charge in [0.2, 0.25) is 0 Å². The van der Waals surface area contributed by atoms with E-state index in [0.29, 0.717) is 0 Å². The smallest absolute Gasteiger partial charge is 0.0775 e. The van der Waals surface area contributed by atoms with Crippen molar-refractivity contribution in [3.8, 4) is 0 Å². The van der Waals surface area contributed by atoms with Gasteiger partial charge in [0.05, 0.1) is 16.1 Å². The van der Waals surface area contributed by atoms with Gasteiger partial charge < -0.3 is 0 Å². The summed E-state index contributed by atoms with van der Waals surface area (Å²) in [5.41, 5.74) is 3.43. The van der Waals surface area contributed by atoms with Crippen molar-refractivity contribution >= 4 is 21.3 Å². The summed E-state index contributed by atoms with van der Waals surface area (Å²) in [5, 5.41) is 1.61. The Kier molecular flexibility index (Phi) is 6.66. The van der Waals surface area contributed by atoms with Crippen molar-refractivity contribution < 1.29 is 0 Å². The van der Waals surface area contributed by atoms with Crippen molar-refractivity contribution in [1.82, 2.24) is 0 Å². The van der Waals surface area contributed by atoms with Crippen LogP contribution in [0.25, 0.3) is 0 Å². The predicted molar refractivity (Wildman–Crippen MR) is 123 cm³/mol. The summed E-state index contributed by atoms with van der Waals surface area (Å²) in [5.74, 6) is 0.846. The van der Waals surface area contributed by atoms with Gasteiger partial charge in [0, 0.05) is 0 Å². The Hall–Kier alpha value is -0.606. The Morgan fingerprint density at radius 1 is 0.962 bits per heavy atom. The lowest BCUT2D eigenvalue weighted by Crippen LogP contribution is -2.39. The van der Waals surface area contributed by atoms with Crippen molar-refractivity contribution in [2.45, 2.75) is 102 Å². The van der Waals surface area contributed by atoms with E-state index in [1.165, 1.54) is 51.0 Å². The summed E-state index contributed by atoms with van der Waals surface area (Å²) in [7, 11) is -2.10. The van der Waals surface area contributed by atoms with Gasteiger partial charge in [-0.25, -0.2) is 0 Å². The van der Waals surface area contributed by atoms with Crippen LogP contribution in [0.4, 0.5) is 0 Å². The molecule has 1 aromatic rings. The number of rotatable bonds is 6. The van der Waals surface area contributed by atoms with E-state index in [0.717, 1.165) is 5.92 Å². The zero-order chi connectivity index (χ0) is 18.6. The molecule has 3 rings (SSSR count). The van der Waals surface area contributed by atoms with Crippen molar-refractivity contribution in [3.05, 3.63) is 41.5 Å².